The summed E-state index contributed by atoms with van der Waals surface area (Å²) in [5.74, 6) is -0.133. The fourth-order valence-corrected chi connectivity index (χ4v) is 1.60. The second kappa shape index (κ2) is 8.53. The number of hydrogen-bond acceptors (Lipinski definition) is 3. The van der Waals surface area contributed by atoms with Crippen molar-refractivity contribution in [1.29, 1.82) is 0 Å². The van der Waals surface area contributed by atoms with Crippen molar-refractivity contribution >= 4 is 5.97 Å². The van der Waals surface area contributed by atoms with Gasteiger partial charge >= 0.3 is 5.97 Å². The minimum atomic E-state index is -0.846. The second-order valence-electron chi connectivity index (χ2n) is 4.88. The van der Waals surface area contributed by atoms with Crippen LogP contribution in [-0.4, -0.2) is 47.3 Å². The number of carbonyl (C=O) groups is 1. The van der Waals surface area contributed by atoms with Crippen molar-refractivity contribution in [3.8, 4) is 0 Å². The maximum atomic E-state index is 10.3. The Labute approximate surface area is 98.3 Å². The molecule has 0 aromatic rings. The molecule has 2 N–H and O–H groups in total. The molecule has 0 aliphatic carbocycles. The Morgan fingerprint density at radius 2 is 1.94 bits per heavy atom. The summed E-state index contributed by atoms with van der Waals surface area (Å²) in [4.78, 5) is 12.4. The van der Waals surface area contributed by atoms with Crippen LogP contribution in [-0.2, 0) is 4.79 Å². The quantitative estimate of drug-likeness (QED) is 0.632. The smallest absolute Gasteiger partial charge is 0.303 e. The molecular formula is C12H25NO3. The summed E-state index contributed by atoms with van der Waals surface area (Å²) in [5, 5.41) is 18.0. The fourth-order valence-electron chi connectivity index (χ4n) is 1.60. The van der Waals surface area contributed by atoms with Gasteiger partial charge in [0.25, 0.3) is 0 Å². The Bertz CT molecular complexity index is 195. The summed E-state index contributed by atoms with van der Waals surface area (Å²) >= 11 is 0. The zero-order valence-electron chi connectivity index (χ0n) is 10.6. The summed E-state index contributed by atoms with van der Waals surface area (Å²) in [5.41, 5.74) is 0. The van der Waals surface area contributed by atoms with Gasteiger partial charge in [-0.2, -0.15) is 0 Å². The van der Waals surface area contributed by atoms with Crippen molar-refractivity contribution in [2.24, 2.45) is 5.92 Å². The van der Waals surface area contributed by atoms with Crippen molar-refractivity contribution in [2.45, 2.75) is 45.6 Å². The highest BCUT2D eigenvalue weighted by Gasteiger charge is 2.10. The van der Waals surface area contributed by atoms with Crippen molar-refractivity contribution in [3.05, 3.63) is 0 Å². The SMILES string of the molecule is CC(C)CCCN(C)CC(O)CCC(=O)O. The molecule has 96 valence electrons. The Hall–Kier alpha value is -0.610. The molecule has 1 unspecified atom stereocenters. The predicted octanol–water partition coefficient (Wildman–Crippen LogP) is 1.58. The summed E-state index contributed by atoms with van der Waals surface area (Å²) in [7, 11) is 1.96. The average Bonchev–Trinajstić information content (AvgIpc) is 2.14. The minimum Gasteiger partial charge on any atom is -0.481 e. The molecule has 1 atom stereocenters. The van der Waals surface area contributed by atoms with Gasteiger partial charge in [0.2, 0.25) is 0 Å². The van der Waals surface area contributed by atoms with E-state index in [1.54, 1.807) is 0 Å². The lowest BCUT2D eigenvalue weighted by Crippen LogP contribution is -2.30. The summed E-state index contributed by atoms with van der Waals surface area (Å²) in [6, 6.07) is 0. The third-order valence-corrected chi connectivity index (χ3v) is 2.54. The number of carboxylic acid groups (broad SMARTS) is 1. The lowest BCUT2D eigenvalue weighted by Gasteiger charge is -2.20. The molecule has 0 aromatic carbocycles. The monoisotopic (exact) mass is 231 g/mol. The van der Waals surface area contributed by atoms with Gasteiger partial charge in [0.15, 0.2) is 0 Å². The van der Waals surface area contributed by atoms with E-state index in [0.29, 0.717) is 18.9 Å². The third-order valence-electron chi connectivity index (χ3n) is 2.54. The highest BCUT2D eigenvalue weighted by atomic mass is 16.4. The van der Waals surface area contributed by atoms with Crippen LogP contribution in [0.5, 0.6) is 0 Å². The number of hydrogen-bond donors (Lipinski definition) is 2. The van der Waals surface area contributed by atoms with Gasteiger partial charge in [-0.25, -0.2) is 0 Å². The fraction of sp³-hybridized carbons (Fsp3) is 0.917. The standard InChI is InChI=1S/C12H25NO3/c1-10(2)5-4-8-13(3)9-11(14)6-7-12(15)16/h10-11,14H,4-9H2,1-3H3,(H,15,16). The molecule has 4 nitrogen and oxygen atoms in total. The normalized spacial score (nSPS) is 13.4. The van der Waals surface area contributed by atoms with Crippen molar-refractivity contribution < 1.29 is 15.0 Å². The second-order valence-corrected chi connectivity index (χ2v) is 4.88. The highest BCUT2D eigenvalue weighted by molar-refractivity contribution is 5.66. The molecule has 0 bridgehead atoms. The molecule has 0 saturated carbocycles. The Balaban J connectivity index is 3.53. The summed E-state index contributed by atoms with van der Waals surface area (Å²) in [6.07, 6.45) is 2.17. The molecule has 4 heteroatoms. The molecule has 0 saturated heterocycles. The van der Waals surface area contributed by atoms with E-state index < -0.39 is 12.1 Å². The zero-order chi connectivity index (χ0) is 12.6. The molecule has 0 amide bonds. The largest absolute Gasteiger partial charge is 0.481 e. The topological polar surface area (TPSA) is 60.8 Å². The molecule has 0 rings (SSSR count). The van der Waals surface area contributed by atoms with Gasteiger partial charge in [0.05, 0.1) is 6.10 Å². The van der Waals surface area contributed by atoms with Crippen molar-refractivity contribution in [3.63, 3.8) is 0 Å². The van der Waals surface area contributed by atoms with E-state index in [1.165, 1.54) is 6.42 Å². The van der Waals surface area contributed by atoms with E-state index in [4.69, 9.17) is 5.11 Å². The van der Waals surface area contributed by atoms with Gasteiger partial charge in [0.1, 0.15) is 0 Å². The Kier molecular flexibility index (Phi) is 8.21. The number of rotatable bonds is 9. The van der Waals surface area contributed by atoms with Crippen molar-refractivity contribution in [2.75, 3.05) is 20.1 Å². The highest BCUT2D eigenvalue weighted by Crippen LogP contribution is 2.05. The molecule has 0 fully saturated rings. The van der Waals surface area contributed by atoms with Gasteiger partial charge in [-0.15, -0.1) is 0 Å². The number of aliphatic hydroxyl groups excluding tert-OH is 1. The van der Waals surface area contributed by atoms with Gasteiger partial charge in [-0.3, -0.25) is 4.79 Å². The van der Waals surface area contributed by atoms with Crippen LogP contribution in [0.3, 0.4) is 0 Å². The van der Waals surface area contributed by atoms with Crippen LogP contribution in [0, 0.1) is 5.92 Å². The maximum absolute atomic E-state index is 10.3. The van der Waals surface area contributed by atoms with Crippen LogP contribution in [0.25, 0.3) is 0 Å². The molecule has 0 aliphatic rings. The summed E-state index contributed by atoms with van der Waals surface area (Å²) < 4.78 is 0. The van der Waals surface area contributed by atoms with E-state index in [0.717, 1.165) is 13.0 Å². The van der Waals surface area contributed by atoms with E-state index >= 15 is 0 Å². The van der Waals surface area contributed by atoms with Crippen LogP contribution in [0.1, 0.15) is 39.5 Å². The first-order valence-electron chi connectivity index (χ1n) is 6.00. The van der Waals surface area contributed by atoms with E-state index in [-0.39, 0.29) is 6.42 Å². The number of nitrogens with zero attached hydrogens (tertiary/aromatic N) is 1. The van der Waals surface area contributed by atoms with Gasteiger partial charge in [0, 0.05) is 13.0 Å². The van der Waals surface area contributed by atoms with Crippen LogP contribution >= 0.6 is 0 Å². The van der Waals surface area contributed by atoms with Crippen LogP contribution < -0.4 is 0 Å². The van der Waals surface area contributed by atoms with E-state index in [1.807, 2.05) is 7.05 Å². The zero-order valence-corrected chi connectivity index (χ0v) is 10.6. The average molecular weight is 231 g/mol. The first-order valence-corrected chi connectivity index (χ1v) is 6.00. The van der Waals surface area contributed by atoms with Crippen LogP contribution in [0.15, 0.2) is 0 Å². The molecule has 0 spiro atoms. The van der Waals surface area contributed by atoms with Gasteiger partial charge in [-0.05, 0) is 38.8 Å². The summed E-state index contributed by atoms with van der Waals surface area (Å²) in [6.45, 7) is 5.91. The molecule has 0 heterocycles. The molecule has 0 radical (unpaired) electrons. The molecular weight excluding hydrogens is 206 g/mol. The number of likely N-dealkylation sites (N-methyl/N-ethyl adjacent to an activating group) is 1. The molecule has 16 heavy (non-hydrogen) atoms. The van der Waals surface area contributed by atoms with Crippen LogP contribution in [0.2, 0.25) is 0 Å². The Morgan fingerprint density at radius 3 is 2.44 bits per heavy atom. The lowest BCUT2D eigenvalue weighted by atomic mass is 10.1. The number of carboxylic acids is 1. The maximum Gasteiger partial charge on any atom is 0.303 e. The van der Waals surface area contributed by atoms with Gasteiger partial charge in [-0.1, -0.05) is 13.8 Å². The minimum absolute atomic E-state index is 0.0427. The first-order chi connectivity index (χ1) is 7.41. The van der Waals surface area contributed by atoms with Gasteiger partial charge < -0.3 is 15.1 Å². The number of aliphatic hydroxyl groups is 1. The lowest BCUT2D eigenvalue weighted by molar-refractivity contribution is -0.137. The third kappa shape index (κ3) is 9.93. The predicted molar refractivity (Wildman–Crippen MR) is 64.4 cm³/mol. The Morgan fingerprint density at radius 1 is 1.31 bits per heavy atom. The van der Waals surface area contributed by atoms with Crippen molar-refractivity contribution in [1.82, 2.24) is 4.90 Å². The van der Waals surface area contributed by atoms with Crippen LogP contribution in [0.4, 0.5) is 0 Å². The molecule has 0 aliphatic heterocycles. The molecule has 0 aromatic heterocycles. The van der Waals surface area contributed by atoms with E-state index in [2.05, 4.69) is 18.7 Å². The van der Waals surface area contributed by atoms with E-state index in [9.17, 15) is 9.90 Å². The first kappa shape index (κ1) is 15.4. The number of aliphatic carboxylic acids is 1.